The van der Waals surface area contributed by atoms with Crippen LogP contribution in [0, 0.1) is 0 Å². The molecule has 0 amide bonds. The first-order valence-corrected chi connectivity index (χ1v) is 10.7. The Balaban J connectivity index is 2.91. The van der Waals surface area contributed by atoms with Crippen LogP contribution < -0.4 is 4.72 Å². The molecule has 0 aromatic rings. The first-order chi connectivity index (χ1) is 10.9. The van der Waals surface area contributed by atoms with Crippen LogP contribution >= 0.6 is 12.8 Å². The average Bonchev–Trinajstić information content (AvgIpc) is 2.54. The molecule has 0 saturated heterocycles. The summed E-state index contributed by atoms with van der Waals surface area (Å²) in [6.07, 6.45) is 25.9. The molecular formula is C20H43NS. The molecule has 0 aliphatic carbocycles. The third-order valence-corrected chi connectivity index (χ3v) is 4.87. The lowest BCUT2D eigenvalue weighted by molar-refractivity contribution is 0.525. The highest BCUT2D eigenvalue weighted by molar-refractivity contribution is 7.78. The minimum Gasteiger partial charge on any atom is -0.267 e. The first kappa shape index (κ1) is 22.3. The lowest BCUT2D eigenvalue weighted by atomic mass is 10.0. The second-order valence-electron chi connectivity index (χ2n) is 6.92. The molecule has 0 rings (SSSR count). The van der Waals surface area contributed by atoms with Crippen molar-refractivity contribution in [2.24, 2.45) is 0 Å². The number of hydrogen-bond acceptors (Lipinski definition) is 2. The Hall–Kier alpha value is 0.310. The highest BCUT2D eigenvalue weighted by atomic mass is 32.1. The second kappa shape index (κ2) is 21.3. The van der Waals surface area contributed by atoms with Gasteiger partial charge in [-0.2, -0.15) is 0 Å². The van der Waals surface area contributed by atoms with Crippen LogP contribution in [0.5, 0.6) is 0 Å². The van der Waals surface area contributed by atoms with Gasteiger partial charge in [-0.15, -0.1) is 0 Å². The largest absolute Gasteiger partial charge is 0.267 e. The Morgan fingerprint density at radius 1 is 0.455 bits per heavy atom. The van der Waals surface area contributed by atoms with Crippen LogP contribution in [-0.4, -0.2) is 6.54 Å². The van der Waals surface area contributed by atoms with E-state index in [0.717, 1.165) is 6.54 Å². The Kier molecular flexibility index (Phi) is 21.6. The van der Waals surface area contributed by atoms with Gasteiger partial charge in [-0.05, 0) is 6.42 Å². The molecule has 1 nitrogen and oxygen atoms in total. The molecule has 134 valence electrons. The summed E-state index contributed by atoms with van der Waals surface area (Å²) < 4.78 is 2.92. The van der Waals surface area contributed by atoms with Crippen LogP contribution in [0.25, 0.3) is 0 Å². The van der Waals surface area contributed by atoms with E-state index < -0.39 is 0 Å². The molecule has 0 aliphatic heterocycles. The van der Waals surface area contributed by atoms with Crippen LogP contribution in [0.1, 0.15) is 122 Å². The fourth-order valence-corrected chi connectivity index (χ4v) is 3.26. The molecule has 0 spiro atoms. The predicted octanol–water partition coefficient (Wildman–Crippen LogP) is 7.46. The summed E-state index contributed by atoms with van der Waals surface area (Å²) in [7, 11) is 0. The maximum absolute atomic E-state index is 4.01. The Morgan fingerprint density at radius 2 is 0.727 bits per heavy atom. The molecule has 0 radical (unpaired) electrons. The van der Waals surface area contributed by atoms with Gasteiger partial charge in [0, 0.05) is 6.54 Å². The van der Waals surface area contributed by atoms with E-state index >= 15 is 0 Å². The fraction of sp³-hybridized carbons (Fsp3) is 1.00. The third-order valence-electron chi connectivity index (χ3n) is 4.64. The van der Waals surface area contributed by atoms with Crippen molar-refractivity contribution in [2.75, 3.05) is 6.54 Å². The summed E-state index contributed by atoms with van der Waals surface area (Å²) in [5, 5.41) is 0. The van der Waals surface area contributed by atoms with Gasteiger partial charge in [0.1, 0.15) is 0 Å². The number of hydrogen-bond donors (Lipinski definition) is 2. The molecule has 0 bridgehead atoms. The van der Waals surface area contributed by atoms with E-state index in [1.807, 2.05) is 0 Å². The van der Waals surface area contributed by atoms with Gasteiger partial charge in [0.05, 0.1) is 0 Å². The van der Waals surface area contributed by atoms with Crippen molar-refractivity contribution in [3.8, 4) is 0 Å². The molecule has 0 heterocycles. The zero-order chi connectivity index (χ0) is 16.1. The summed E-state index contributed by atoms with van der Waals surface area (Å²) in [4.78, 5) is 0. The van der Waals surface area contributed by atoms with Crippen molar-refractivity contribution in [1.82, 2.24) is 4.72 Å². The summed E-state index contributed by atoms with van der Waals surface area (Å²) in [6.45, 7) is 3.35. The third kappa shape index (κ3) is 20.3. The van der Waals surface area contributed by atoms with Gasteiger partial charge in [0.15, 0.2) is 0 Å². The van der Waals surface area contributed by atoms with Gasteiger partial charge in [-0.3, -0.25) is 4.72 Å². The van der Waals surface area contributed by atoms with E-state index in [4.69, 9.17) is 0 Å². The zero-order valence-corrected chi connectivity index (χ0v) is 16.3. The molecule has 0 aliphatic rings. The van der Waals surface area contributed by atoms with Gasteiger partial charge in [0.25, 0.3) is 0 Å². The fourth-order valence-electron chi connectivity index (χ4n) is 3.11. The Morgan fingerprint density at radius 3 is 1.00 bits per heavy atom. The molecule has 22 heavy (non-hydrogen) atoms. The SMILES string of the molecule is CCCCCCCCCCCCCCCCCCCCNS. The maximum Gasteiger partial charge on any atom is 0.00561 e. The highest BCUT2D eigenvalue weighted by Gasteiger charge is 1.94. The van der Waals surface area contributed by atoms with E-state index in [1.54, 1.807) is 0 Å². The van der Waals surface area contributed by atoms with Crippen LogP contribution in [0.15, 0.2) is 0 Å². The van der Waals surface area contributed by atoms with Crippen molar-refractivity contribution < 1.29 is 0 Å². The highest BCUT2D eigenvalue weighted by Crippen LogP contribution is 2.14. The zero-order valence-electron chi connectivity index (χ0n) is 15.4. The number of thiol groups is 1. The van der Waals surface area contributed by atoms with Crippen molar-refractivity contribution in [3.05, 3.63) is 0 Å². The Labute approximate surface area is 147 Å². The summed E-state index contributed by atoms with van der Waals surface area (Å²) in [5.74, 6) is 0. The van der Waals surface area contributed by atoms with Crippen LogP contribution in [0.3, 0.4) is 0 Å². The minimum absolute atomic E-state index is 1.06. The maximum atomic E-state index is 4.01. The van der Waals surface area contributed by atoms with Gasteiger partial charge in [0.2, 0.25) is 0 Å². The molecule has 1 N–H and O–H groups in total. The van der Waals surface area contributed by atoms with E-state index in [9.17, 15) is 0 Å². The van der Waals surface area contributed by atoms with Gasteiger partial charge in [-0.25, -0.2) is 0 Å². The number of nitrogens with one attached hydrogen (secondary N) is 1. The van der Waals surface area contributed by atoms with E-state index in [0.29, 0.717) is 0 Å². The number of unbranched alkanes of at least 4 members (excludes halogenated alkanes) is 17. The average molecular weight is 330 g/mol. The monoisotopic (exact) mass is 329 g/mol. The topological polar surface area (TPSA) is 12.0 Å². The smallest absolute Gasteiger partial charge is 0.00561 e. The lowest BCUT2D eigenvalue weighted by Gasteiger charge is -2.03. The Bertz CT molecular complexity index is 165. The van der Waals surface area contributed by atoms with Crippen LogP contribution in [0.4, 0.5) is 0 Å². The molecular weight excluding hydrogens is 286 g/mol. The quantitative estimate of drug-likeness (QED) is 0.185. The number of rotatable bonds is 19. The summed E-state index contributed by atoms with van der Waals surface area (Å²) in [6, 6.07) is 0. The normalized spacial score (nSPS) is 11.2. The standard InChI is InChI=1S/C20H43NS/c1-2-3-4-5-6-7-8-9-10-11-12-13-14-15-16-17-18-19-20-21-22/h21-22H,2-20H2,1H3. The molecule has 0 aromatic carbocycles. The lowest BCUT2D eigenvalue weighted by Crippen LogP contribution is -1.99. The minimum atomic E-state index is 1.06. The van der Waals surface area contributed by atoms with Crippen LogP contribution in [-0.2, 0) is 0 Å². The molecule has 0 saturated carbocycles. The van der Waals surface area contributed by atoms with E-state index in [2.05, 4.69) is 24.5 Å². The summed E-state index contributed by atoms with van der Waals surface area (Å²) in [5.41, 5.74) is 0. The van der Waals surface area contributed by atoms with Gasteiger partial charge < -0.3 is 0 Å². The van der Waals surface area contributed by atoms with Crippen molar-refractivity contribution in [3.63, 3.8) is 0 Å². The van der Waals surface area contributed by atoms with Gasteiger partial charge in [-0.1, -0.05) is 129 Å². The molecule has 0 fully saturated rings. The van der Waals surface area contributed by atoms with Crippen molar-refractivity contribution >= 4 is 12.8 Å². The first-order valence-electron chi connectivity index (χ1n) is 10.3. The second-order valence-corrected chi connectivity index (χ2v) is 7.23. The molecule has 2 heteroatoms. The molecule has 0 atom stereocenters. The predicted molar refractivity (Wildman–Crippen MR) is 106 cm³/mol. The van der Waals surface area contributed by atoms with Gasteiger partial charge >= 0.3 is 0 Å². The summed E-state index contributed by atoms with van der Waals surface area (Å²) >= 11 is 4.01. The molecule has 0 unspecified atom stereocenters. The van der Waals surface area contributed by atoms with Crippen molar-refractivity contribution in [1.29, 1.82) is 0 Å². The van der Waals surface area contributed by atoms with E-state index in [-0.39, 0.29) is 0 Å². The molecule has 0 aromatic heterocycles. The van der Waals surface area contributed by atoms with E-state index in [1.165, 1.54) is 116 Å². The van der Waals surface area contributed by atoms with Crippen LogP contribution in [0.2, 0.25) is 0 Å². The van der Waals surface area contributed by atoms with Crippen molar-refractivity contribution in [2.45, 2.75) is 122 Å².